The molecule has 0 bridgehead atoms. The van der Waals surface area contributed by atoms with E-state index in [1.807, 2.05) is 48.5 Å². The minimum Gasteiger partial charge on any atom is -0.494 e. The number of halogens is 5. The SMILES string of the molecule is O=C(NNCc1ccc(C(F)(F)F)cc1)[C@@]1(Cc2ccc(Br)cc2)N=C(c2ccc(OCCCO)cc2)O[C@H]1c1ccccc1Br. The first-order valence-corrected chi connectivity index (χ1v) is 16.0. The van der Waals surface area contributed by atoms with E-state index < -0.39 is 29.3 Å². The fraction of sp³-hybridized carbons (Fsp3) is 0.235. The Morgan fingerprint density at radius 3 is 2.26 bits per heavy atom. The summed E-state index contributed by atoms with van der Waals surface area (Å²) in [7, 11) is 0. The Balaban J connectivity index is 1.48. The minimum atomic E-state index is -4.44. The van der Waals surface area contributed by atoms with Crippen molar-refractivity contribution in [3.8, 4) is 5.75 Å². The van der Waals surface area contributed by atoms with E-state index in [1.54, 1.807) is 24.3 Å². The number of carbonyl (C=O) groups excluding carboxylic acids is 1. The van der Waals surface area contributed by atoms with Crippen LogP contribution >= 0.6 is 31.9 Å². The molecule has 46 heavy (non-hydrogen) atoms. The molecule has 4 aromatic rings. The van der Waals surface area contributed by atoms with Gasteiger partial charge in [-0.3, -0.25) is 10.2 Å². The lowest BCUT2D eigenvalue weighted by Gasteiger charge is -2.31. The van der Waals surface area contributed by atoms with Crippen molar-refractivity contribution in [3.05, 3.63) is 134 Å². The third kappa shape index (κ3) is 7.98. The number of amides is 1. The number of benzene rings is 4. The van der Waals surface area contributed by atoms with Crippen molar-refractivity contribution in [2.24, 2.45) is 4.99 Å². The number of aliphatic imine (C=N–C) groups is 1. The molecule has 240 valence electrons. The van der Waals surface area contributed by atoms with Crippen molar-refractivity contribution < 1.29 is 32.5 Å². The van der Waals surface area contributed by atoms with E-state index in [0.717, 1.165) is 26.6 Å². The summed E-state index contributed by atoms with van der Waals surface area (Å²) in [4.78, 5) is 19.3. The minimum absolute atomic E-state index is 0.0286. The van der Waals surface area contributed by atoms with E-state index >= 15 is 0 Å². The van der Waals surface area contributed by atoms with Crippen molar-refractivity contribution in [1.29, 1.82) is 0 Å². The Kier molecular flexibility index (Phi) is 10.8. The van der Waals surface area contributed by atoms with Crippen LogP contribution in [-0.4, -0.2) is 35.7 Å². The average Bonchev–Trinajstić information content (AvgIpc) is 3.42. The zero-order valence-electron chi connectivity index (χ0n) is 24.4. The summed E-state index contributed by atoms with van der Waals surface area (Å²) in [5.41, 5.74) is 6.11. The van der Waals surface area contributed by atoms with E-state index in [9.17, 15) is 18.0 Å². The molecule has 0 aromatic heterocycles. The molecule has 4 aromatic carbocycles. The van der Waals surface area contributed by atoms with Crippen molar-refractivity contribution in [1.82, 2.24) is 10.9 Å². The Morgan fingerprint density at radius 2 is 1.61 bits per heavy atom. The highest BCUT2D eigenvalue weighted by molar-refractivity contribution is 9.10. The summed E-state index contributed by atoms with van der Waals surface area (Å²) >= 11 is 7.08. The Labute approximate surface area is 281 Å². The molecular weight excluding hydrogens is 731 g/mol. The first-order chi connectivity index (χ1) is 22.1. The molecule has 0 spiro atoms. The van der Waals surface area contributed by atoms with Gasteiger partial charge in [0.2, 0.25) is 5.90 Å². The lowest BCUT2D eigenvalue weighted by molar-refractivity contribution is -0.137. The number of ether oxygens (including phenoxy) is 2. The van der Waals surface area contributed by atoms with Gasteiger partial charge in [0.25, 0.3) is 5.91 Å². The summed E-state index contributed by atoms with van der Waals surface area (Å²) < 4.78 is 52.9. The van der Waals surface area contributed by atoms with Crippen molar-refractivity contribution in [2.75, 3.05) is 13.2 Å². The number of nitrogens with zero attached hydrogens (tertiary/aromatic N) is 1. The fourth-order valence-corrected chi connectivity index (χ4v) is 5.76. The second kappa shape index (κ2) is 14.8. The number of hydrogen-bond donors (Lipinski definition) is 3. The van der Waals surface area contributed by atoms with Gasteiger partial charge in [0.1, 0.15) is 5.75 Å². The lowest BCUT2D eigenvalue weighted by Crippen LogP contribution is -2.53. The molecule has 12 heteroatoms. The molecule has 0 saturated heterocycles. The number of alkyl halides is 3. The monoisotopic (exact) mass is 759 g/mol. The maximum atomic E-state index is 14.3. The van der Waals surface area contributed by atoms with Crippen LogP contribution in [-0.2, 0) is 28.7 Å². The van der Waals surface area contributed by atoms with Crippen LogP contribution in [0.3, 0.4) is 0 Å². The summed E-state index contributed by atoms with van der Waals surface area (Å²) in [5.74, 6) is 0.393. The Bertz CT molecular complexity index is 1670. The Morgan fingerprint density at radius 1 is 0.935 bits per heavy atom. The summed E-state index contributed by atoms with van der Waals surface area (Å²) in [6, 6.07) is 26.8. The van der Waals surface area contributed by atoms with Gasteiger partial charge in [0.05, 0.1) is 12.2 Å². The molecule has 0 aliphatic carbocycles. The second-order valence-corrected chi connectivity index (χ2v) is 12.4. The van der Waals surface area contributed by atoms with Gasteiger partial charge >= 0.3 is 6.18 Å². The fourth-order valence-electron chi connectivity index (χ4n) is 5.01. The third-order valence-corrected chi connectivity index (χ3v) is 8.63. The highest BCUT2D eigenvalue weighted by Crippen LogP contribution is 2.44. The molecule has 7 nitrogen and oxygen atoms in total. The highest BCUT2D eigenvalue weighted by Gasteiger charge is 2.54. The number of hydrazine groups is 1. The van der Waals surface area contributed by atoms with Crippen LogP contribution in [0.15, 0.2) is 111 Å². The normalized spacial score (nSPS) is 17.7. The van der Waals surface area contributed by atoms with Gasteiger partial charge in [0, 0.05) is 46.1 Å². The van der Waals surface area contributed by atoms with Crippen LogP contribution < -0.4 is 15.6 Å². The van der Waals surface area contributed by atoms with E-state index in [0.29, 0.717) is 35.5 Å². The predicted octanol–water partition coefficient (Wildman–Crippen LogP) is 7.31. The summed E-state index contributed by atoms with van der Waals surface area (Å²) in [5, 5.41) is 9.04. The molecule has 1 heterocycles. The molecule has 3 N–H and O–H groups in total. The van der Waals surface area contributed by atoms with Crippen LogP contribution in [0.5, 0.6) is 5.75 Å². The molecule has 1 amide bonds. The quantitative estimate of drug-likeness (QED) is 0.104. The smallest absolute Gasteiger partial charge is 0.416 e. The Hall–Kier alpha value is -3.71. The first kappa shape index (κ1) is 33.6. The average molecular weight is 761 g/mol. The highest BCUT2D eigenvalue weighted by atomic mass is 79.9. The maximum absolute atomic E-state index is 14.3. The van der Waals surface area contributed by atoms with Crippen LogP contribution in [0.2, 0.25) is 0 Å². The third-order valence-electron chi connectivity index (χ3n) is 7.38. The van der Waals surface area contributed by atoms with Crippen LogP contribution in [0.25, 0.3) is 0 Å². The number of hydrogen-bond acceptors (Lipinski definition) is 6. The van der Waals surface area contributed by atoms with Gasteiger partial charge in [0.15, 0.2) is 11.6 Å². The number of nitrogens with one attached hydrogen (secondary N) is 2. The largest absolute Gasteiger partial charge is 0.494 e. The van der Waals surface area contributed by atoms with Gasteiger partial charge in [-0.2, -0.15) is 13.2 Å². The molecule has 2 atom stereocenters. The summed E-state index contributed by atoms with van der Waals surface area (Å²) in [6.07, 6.45) is -4.61. The molecular formula is C34H30Br2F3N3O4. The molecule has 0 saturated carbocycles. The zero-order valence-corrected chi connectivity index (χ0v) is 27.5. The molecule has 0 radical (unpaired) electrons. The van der Waals surface area contributed by atoms with Crippen LogP contribution in [0, 0.1) is 0 Å². The zero-order chi connectivity index (χ0) is 32.7. The number of carbonyl (C=O) groups is 1. The van der Waals surface area contributed by atoms with Gasteiger partial charge < -0.3 is 14.6 Å². The van der Waals surface area contributed by atoms with Crippen molar-refractivity contribution in [2.45, 2.75) is 37.2 Å². The molecule has 1 aliphatic rings. The van der Waals surface area contributed by atoms with Gasteiger partial charge in [-0.1, -0.05) is 74.3 Å². The van der Waals surface area contributed by atoms with Gasteiger partial charge in [-0.05, 0) is 65.7 Å². The van der Waals surface area contributed by atoms with Gasteiger partial charge in [-0.25, -0.2) is 10.4 Å². The second-order valence-electron chi connectivity index (χ2n) is 10.6. The number of aliphatic hydroxyl groups is 1. The van der Waals surface area contributed by atoms with Crippen LogP contribution in [0.1, 0.15) is 40.3 Å². The van der Waals surface area contributed by atoms with E-state index in [4.69, 9.17) is 19.6 Å². The molecule has 0 fully saturated rings. The lowest BCUT2D eigenvalue weighted by atomic mass is 9.82. The number of rotatable bonds is 12. The maximum Gasteiger partial charge on any atom is 0.416 e. The van der Waals surface area contributed by atoms with Gasteiger partial charge in [-0.15, -0.1) is 0 Å². The van der Waals surface area contributed by atoms with Crippen LogP contribution in [0.4, 0.5) is 13.2 Å². The summed E-state index contributed by atoms with van der Waals surface area (Å²) in [6.45, 7) is 0.474. The topological polar surface area (TPSA) is 92.2 Å². The van der Waals surface area contributed by atoms with Crippen molar-refractivity contribution >= 4 is 43.7 Å². The van der Waals surface area contributed by atoms with E-state index in [-0.39, 0.29) is 25.5 Å². The number of aliphatic hydroxyl groups excluding tert-OH is 1. The van der Waals surface area contributed by atoms with E-state index in [1.165, 1.54) is 12.1 Å². The predicted molar refractivity (Wildman–Crippen MR) is 175 cm³/mol. The standard InChI is InChI=1S/C34H30Br2F3N3O4/c35-26-14-8-22(9-15-26)20-33(32(44)42-40-21-23-6-12-25(13-7-23)34(37,38)39)30(28-4-1-2-5-29(28)36)46-31(41-33)24-10-16-27(17-11-24)45-19-3-18-43/h1-2,4-17,30,40,43H,3,18-21H2,(H,42,44)/t30-,33-/m0/s1. The van der Waals surface area contributed by atoms with E-state index in [2.05, 4.69) is 42.7 Å². The van der Waals surface area contributed by atoms with Crippen molar-refractivity contribution in [3.63, 3.8) is 0 Å². The first-order valence-electron chi connectivity index (χ1n) is 14.4. The molecule has 1 aliphatic heterocycles. The molecule has 0 unspecified atom stereocenters. The molecule has 5 rings (SSSR count).